The molecular weight excluding hydrogens is 602 g/mol. The summed E-state index contributed by atoms with van der Waals surface area (Å²) < 4.78 is 34.2. The van der Waals surface area contributed by atoms with Crippen molar-refractivity contribution in [3.8, 4) is 5.75 Å². The smallest absolute Gasteiger partial charge is 0.283 e. The van der Waals surface area contributed by atoms with E-state index in [4.69, 9.17) is 16.0 Å². The zero-order valence-corrected chi connectivity index (χ0v) is 25.2. The fourth-order valence-corrected chi connectivity index (χ4v) is 8.19. The average molecular weight is 632 g/mol. The number of thiazole rings is 1. The van der Waals surface area contributed by atoms with E-state index in [1.807, 2.05) is 0 Å². The fourth-order valence-electron chi connectivity index (χ4n) is 5.53. The third-order valence-electron chi connectivity index (χ3n) is 7.78. The monoisotopic (exact) mass is 631 g/mol. The van der Waals surface area contributed by atoms with Gasteiger partial charge in [-0.1, -0.05) is 11.6 Å². The van der Waals surface area contributed by atoms with E-state index in [-0.39, 0.29) is 36.6 Å². The van der Waals surface area contributed by atoms with E-state index in [2.05, 4.69) is 22.2 Å². The van der Waals surface area contributed by atoms with Crippen molar-refractivity contribution in [2.75, 3.05) is 19.6 Å². The molecule has 2 aliphatic rings. The molecule has 2 atom stereocenters. The molecule has 1 saturated heterocycles. The van der Waals surface area contributed by atoms with Crippen LogP contribution in [-0.4, -0.2) is 70.3 Å². The van der Waals surface area contributed by atoms with Gasteiger partial charge >= 0.3 is 0 Å². The van der Waals surface area contributed by atoms with Crippen LogP contribution in [0.2, 0.25) is 5.02 Å². The van der Waals surface area contributed by atoms with Crippen LogP contribution < -0.4 is 10.7 Å². The van der Waals surface area contributed by atoms with Crippen molar-refractivity contribution >= 4 is 49.8 Å². The number of nitrogens with zero attached hydrogens (tertiary/aromatic N) is 3. The second-order valence-electron chi connectivity index (χ2n) is 10.7. The lowest BCUT2D eigenvalue weighted by molar-refractivity contribution is 0.0546. The number of amides is 1. The van der Waals surface area contributed by atoms with Crippen LogP contribution in [0.3, 0.4) is 0 Å². The number of hydrogen-bond donors (Lipinski definition) is 3. The highest BCUT2D eigenvalue weighted by molar-refractivity contribution is 7.89. The molecule has 0 bridgehead atoms. The number of carbonyl (C=O) groups is 1. The lowest BCUT2D eigenvalue weighted by Gasteiger charge is -2.40. The van der Waals surface area contributed by atoms with Gasteiger partial charge in [-0.25, -0.2) is 13.4 Å². The highest BCUT2D eigenvalue weighted by Gasteiger charge is 2.38. The standard InChI is InChI=1S/C28H30ClN5O6S2/c1-16-9-22-25(13-30-16)41-27(32-22)28(37)34-8-7-33(14-19(34)3-2-4-20-12-23(35)24(36)15-40-20)42(38,39)26-11-17-10-18(29)5-6-21(17)31-26/h5-6,10-12,15-16,19,30-31,36H,2-4,7-9,13-14H2,1H3. The lowest BCUT2D eigenvalue weighted by atomic mass is 10.0. The van der Waals surface area contributed by atoms with Crippen LogP contribution in [0.1, 0.15) is 45.9 Å². The Morgan fingerprint density at radius 3 is 2.90 bits per heavy atom. The van der Waals surface area contributed by atoms with Gasteiger partial charge in [-0.05, 0) is 44.0 Å². The van der Waals surface area contributed by atoms with E-state index in [0.717, 1.165) is 23.3 Å². The molecule has 4 aromatic rings. The van der Waals surface area contributed by atoms with Crippen LogP contribution in [0.15, 0.2) is 50.8 Å². The number of rotatable bonds is 7. The predicted molar refractivity (Wildman–Crippen MR) is 159 cm³/mol. The molecule has 0 saturated carbocycles. The van der Waals surface area contributed by atoms with Crippen molar-refractivity contribution < 1.29 is 22.7 Å². The van der Waals surface area contributed by atoms with Gasteiger partial charge in [0.15, 0.2) is 10.8 Å². The average Bonchev–Trinajstić information content (AvgIpc) is 3.59. The lowest BCUT2D eigenvalue weighted by Crippen LogP contribution is -2.56. The van der Waals surface area contributed by atoms with E-state index in [1.54, 1.807) is 29.2 Å². The molecule has 3 aromatic heterocycles. The molecule has 3 N–H and O–H groups in total. The summed E-state index contributed by atoms with van der Waals surface area (Å²) in [5.41, 5.74) is 1.07. The predicted octanol–water partition coefficient (Wildman–Crippen LogP) is 3.51. The number of aromatic amines is 1. The van der Waals surface area contributed by atoms with Gasteiger partial charge in [0.05, 0.1) is 5.69 Å². The molecule has 5 heterocycles. The first kappa shape index (κ1) is 28.9. The van der Waals surface area contributed by atoms with Crippen molar-refractivity contribution in [1.82, 2.24) is 24.5 Å². The fraction of sp³-hybridized carbons (Fsp3) is 0.393. The van der Waals surface area contributed by atoms with Crippen LogP contribution in [0.25, 0.3) is 10.9 Å². The molecule has 6 rings (SSSR count). The summed E-state index contributed by atoms with van der Waals surface area (Å²) in [7, 11) is -3.89. The maximum Gasteiger partial charge on any atom is 0.283 e. The minimum atomic E-state index is -3.89. The van der Waals surface area contributed by atoms with Gasteiger partial charge < -0.3 is 24.7 Å². The Morgan fingerprint density at radius 1 is 1.26 bits per heavy atom. The van der Waals surface area contributed by atoms with E-state index in [0.29, 0.717) is 52.5 Å². The van der Waals surface area contributed by atoms with Crippen LogP contribution in [0, 0.1) is 0 Å². The van der Waals surface area contributed by atoms with E-state index >= 15 is 0 Å². The zero-order valence-electron chi connectivity index (χ0n) is 22.8. The van der Waals surface area contributed by atoms with Crippen molar-refractivity contribution in [1.29, 1.82) is 0 Å². The molecule has 0 spiro atoms. The number of halogens is 1. The number of aryl methyl sites for hydroxylation is 1. The summed E-state index contributed by atoms with van der Waals surface area (Å²) >= 11 is 7.49. The highest BCUT2D eigenvalue weighted by Crippen LogP contribution is 2.29. The van der Waals surface area contributed by atoms with Gasteiger partial charge in [-0.15, -0.1) is 11.3 Å². The van der Waals surface area contributed by atoms with Gasteiger partial charge in [0.1, 0.15) is 17.0 Å². The maximum atomic E-state index is 13.8. The van der Waals surface area contributed by atoms with Gasteiger partial charge in [0, 0.05) is 78.0 Å². The molecule has 42 heavy (non-hydrogen) atoms. The molecule has 14 heteroatoms. The van der Waals surface area contributed by atoms with Crippen LogP contribution in [0.5, 0.6) is 5.75 Å². The number of hydrogen-bond acceptors (Lipinski definition) is 9. The molecule has 222 valence electrons. The molecule has 2 aliphatic heterocycles. The Morgan fingerprint density at radius 2 is 2.10 bits per heavy atom. The molecular formula is C28H30ClN5O6S2. The number of carbonyl (C=O) groups excluding carboxylic acids is 1. The SMILES string of the molecule is CC1Cc2nc(C(=O)N3CCN(S(=O)(=O)c4cc5cc(Cl)ccc5[nH]4)CC3CCCc3cc(=O)c(O)co3)sc2CN1. The summed E-state index contributed by atoms with van der Waals surface area (Å²) in [5, 5.41) is 14.6. The number of fused-ring (bicyclic) bond motifs is 2. The molecule has 1 fully saturated rings. The zero-order chi connectivity index (χ0) is 29.6. The van der Waals surface area contributed by atoms with Crippen molar-refractivity contribution in [3.63, 3.8) is 0 Å². The largest absolute Gasteiger partial charge is 0.502 e. The number of benzene rings is 1. The summed E-state index contributed by atoms with van der Waals surface area (Å²) in [6.45, 7) is 3.20. The van der Waals surface area contributed by atoms with E-state index in [9.17, 15) is 23.1 Å². The number of piperazine rings is 1. The maximum absolute atomic E-state index is 13.8. The Hall–Kier alpha value is -3.23. The summed E-state index contributed by atoms with van der Waals surface area (Å²) in [4.78, 5) is 36.0. The molecule has 11 nitrogen and oxygen atoms in total. The Bertz CT molecular complexity index is 1820. The Labute approximate surface area is 251 Å². The number of nitrogens with one attached hydrogen (secondary N) is 2. The third-order valence-corrected chi connectivity index (χ3v) is 10.9. The topological polar surface area (TPSA) is 149 Å². The first-order valence-corrected chi connectivity index (χ1v) is 16.3. The number of aromatic hydroxyl groups is 1. The van der Waals surface area contributed by atoms with Crippen molar-refractivity contribution in [2.24, 2.45) is 0 Å². The molecule has 0 radical (unpaired) electrons. The second kappa shape index (κ2) is 11.5. The second-order valence-corrected chi connectivity index (χ2v) is 14.2. The minimum Gasteiger partial charge on any atom is -0.502 e. The molecule has 1 amide bonds. The molecule has 1 aromatic carbocycles. The summed E-state index contributed by atoms with van der Waals surface area (Å²) in [6.07, 6.45) is 3.14. The highest BCUT2D eigenvalue weighted by atomic mass is 35.5. The van der Waals surface area contributed by atoms with Crippen LogP contribution in [-0.2, 0) is 29.4 Å². The summed E-state index contributed by atoms with van der Waals surface area (Å²) in [6, 6.07) is 7.81. The molecule has 0 aliphatic carbocycles. The van der Waals surface area contributed by atoms with Crippen molar-refractivity contribution in [3.05, 3.63) is 73.2 Å². The first-order valence-electron chi connectivity index (χ1n) is 13.7. The van der Waals surface area contributed by atoms with Crippen molar-refractivity contribution in [2.45, 2.75) is 56.3 Å². The quantitative estimate of drug-likeness (QED) is 0.281. The molecule has 2 unspecified atom stereocenters. The van der Waals surface area contributed by atoms with Gasteiger partial charge in [0.2, 0.25) is 5.43 Å². The number of aromatic nitrogens is 2. The Kier molecular flexibility index (Phi) is 7.87. The van der Waals surface area contributed by atoms with E-state index in [1.165, 1.54) is 21.7 Å². The Balaban J connectivity index is 1.24. The van der Waals surface area contributed by atoms with Gasteiger partial charge in [-0.2, -0.15) is 4.31 Å². The van der Waals surface area contributed by atoms with Crippen LogP contribution >= 0.6 is 22.9 Å². The van der Waals surface area contributed by atoms with Crippen LogP contribution in [0.4, 0.5) is 0 Å². The number of H-pyrrole nitrogens is 1. The normalized spacial score (nSPS) is 19.7. The van der Waals surface area contributed by atoms with E-state index < -0.39 is 27.2 Å². The van der Waals surface area contributed by atoms with Gasteiger partial charge in [0.25, 0.3) is 15.9 Å². The number of sulfonamides is 1. The minimum absolute atomic E-state index is 0.0679. The first-order chi connectivity index (χ1) is 20.1. The summed E-state index contributed by atoms with van der Waals surface area (Å²) in [5.74, 6) is -0.263. The third kappa shape index (κ3) is 5.71. The van der Waals surface area contributed by atoms with Gasteiger partial charge in [-0.3, -0.25) is 9.59 Å².